The fourth-order valence-corrected chi connectivity index (χ4v) is 2.93. The molecule has 0 bridgehead atoms. The molecular weight excluding hydrogens is 346 g/mol. The predicted octanol–water partition coefficient (Wildman–Crippen LogP) is 5.04. The summed E-state index contributed by atoms with van der Waals surface area (Å²) in [4.78, 5) is 23.8. The fraction of sp³-hybridized carbons (Fsp3) is 0.333. The number of esters is 1. The molecule has 0 radical (unpaired) electrons. The third-order valence-electron chi connectivity index (χ3n) is 3.92. The van der Waals surface area contributed by atoms with E-state index < -0.39 is 11.7 Å². The van der Waals surface area contributed by atoms with Crippen molar-refractivity contribution in [3.05, 3.63) is 42.2 Å². The molecule has 6 nitrogen and oxygen atoms in total. The lowest BCUT2D eigenvalue weighted by Gasteiger charge is -2.19. The molecule has 0 unspecified atom stereocenters. The molecule has 0 fully saturated rings. The van der Waals surface area contributed by atoms with Gasteiger partial charge >= 0.3 is 12.1 Å². The van der Waals surface area contributed by atoms with Crippen molar-refractivity contribution in [3.8, 4) is 0 Å². The molecular formula is C21H23NO5. The molecule has 0 atom stereocenters. The van der Waals surface area contributed by atoms with Crippen LogP contribution in [-0.2, 0) is 20.7 Å². The molecule has 6 heteroatoms. The van der Waals surface area contributed by atoms with Crippen LogP contribution in [0, 0.1) is 0 Å². The molecule has 3 rings (SSSR count). The number of amides is 1. The number of hydrogen-bond donors (Lipinski definition) is 1. The Morgan fingerprint density at radius 2 is 1.93 bits per heavy atom. The van der Waals surface area contributed by atoms with Crippen molar-refractivity contribution < 1.29 is 23.5 Å². The summed E-state index contributed by atoms with van der Waals surface area (Å²) in [7, 11) is 0. The van der Waals surface area contributed by atoms with E-state index in [1.165, 1.54) is 0 Å². The first-order valence-electron chi connectivity index (χ1n) is 8.85. The zero-order valence-electron chi connectivity index (χ0n) is 15.9. The van der Waals surface area contributed by atoms with Crippen molar-refractivity contribution in [1.29, 1.82) is 0 Å². The average molecular weight is 369 g/mol. The maximum atomic E-state index is 12.0. The van der Waals surface area contributed by atoms with Crippen LogP contribution in [0.15, 0.2) is 41.0 Å². The highest BCUT2D eigenvalue weighted by atomic mass is 16.6. The molecule has 0 saturated heterocycles. The standard InChI is InChI=1S/C21H23NO5/c1-5-25-18(23)11-14-12-26-17-9-6-13-10-15(7-8-16(13)19(14)17)22-20(24)27-21(2,3)4/h6-10,12H,5,11H2,1-4H3,(H,22,24). The number of fused-ring (bicyclic) bond motifs is 3. The number of hydrogen-bond acceptors (Lipinski definition) is 5. The molecule has 0 aliphatic carbocycles. The van der Waals surface area contributed by atoms with Gasteiger partial charge in [0.05, 0.1) is 19.3 Å². The van der Waals surface area contributed by atoms with E-state index in [1.54, 1.807) is 19.3 Å². The maximum absolute atomic E-state index is 12.0. The van der Waals surface area contributed by atoms with Gasteiger partial charge in [0.25, 0.3) is 0 Å². The van der Waals surface area contributed by atoms with Gasteiger partial charge in [-0.1, -0.05) is 12.1 Å². The Balaban J connectivity index is 1.93. The van der Waals surface area contributed by atoms with Crippen LogP contribution in [-0.4, -0.2) is 24.3 Å². The second-order valence-electron chi connectivity index (χ2n) is 7.24. The summed E-state index contributed by atoms with van der Waals surface area (Å²) in [5, 5.41) is 5.48. The van der Waals surface area contributed by atoms with Crippen LogP contribution >= 0.6 is 0 Å². The predicted molar refractivity (Wildman–Crippen MR) is 104 cm³/mol. The summed E-state index contributed by atoms with van der Waals surface area (Å²) in [5.74, 6) is -0.291. The van der Waals surface area contributed by atoms with Gasteiger partial charge in [-0.2, -0.15) is 0 Å². The van der Waals surface area contributed by atoms with E-state index in [4.69, 9.17) is 13.9 Å². The summed E-state index contributed by atoms with van der Waals surface area (Å²) in [5.41, 5.74) is 1.55. The van der Waals surface area contributed by atoms with Crippen molar-refractivity contribution in [2.24, 2.45) is 0 Å². The molecule has 142 valence electrons. The highest BCUT2D eigenvalue weighted by Gasteiger charge is 2.17. The van der Waals surface area contributed by atoms with Crippen LogP contribution in [0.2, 0.25) is 0 Å². The van der Waals surface area contributed by atoms with Crippen molar-refractivity contribution in [2.45, 2.75) is 39.7 Å². The summed E-state index contributed by atoms with van der Waals surface area (Å²) < 4.78 is 15.9. The Labute approximate surface area is 157 Å². The Hall–Kier alpha value is -3.02. The molecule has 0 aliphatic rings. The van der Waals surface area contributed by atoms with E-state index in [0.717, 1.165) is 21.7 Å². The van der Waals surface area contributed by atoms with Crippen LogP contribution < -0.4 is 5.32 Å². The largest absolute Gasteiger partial charge is 0.466 e. The van der Waals surface area contributed by atoms with Crippen molar-refractivity contribution in [3.63, 3.8) is 0 Å². The number of anilines is 1. The van der Waals surface area contributed by atoms with Crippen LogP contribution in [0.1, 0.15) is 33.3 Å². The van der Waals surface area contributed by atoms with E-state index in [9.17, 15) is 9.59 Å². The quantitative estimate of drug-likeness (QED) is 0.652. The van der Waals surface area contributed by atoms with E-state index in [0.29, 0.717) is 17.9 Å². The summed E-state index contributed by atoms with van der Waals surface area (Å²) in [6.45, 7) is 7.56. The smallest absolute Gasteiger partial charge is 0.412 e. The number of rotatable bonds is 4. The minimum Gasteiger partial charge on any atom is -0.466 e. The Kier molecular flexibility index (Phi) is 5.08. The number of ether oxygens (including phenoxy) is 2. The minimum absolute atomic E-state index is 0.151. The first kappa shape index (κ1) is 18.8. The van der Waals surface area contributed by atoms with Crippen LogP contribution in [0.4, 0.5) is 10.5 Å². The van der Waals surface area contributed by atoms with Gasteiger partial charge in [-0.25, -0.2) is 4.79 Å². The third-order valence-corrected chi connectivity index (χ3v) is 3.92. The zero-order valence-corrected chi connectivity index (χ0v) is 15.9. The van der Waals surface area contributed by atoms with E-state index in [-0.39, 0.29) is 12.4 Å². The number of carbonyl (C=O) groups excluding carboxylic acids is 2. The van der Waals surface area contributed by atoms with Crippen LogP contribution in [0.3, 0.4) is 0 Å². The lowest BCUT2D eigenvalue weighted by molar-refractivity contribution is -0.142. The average Bonchev–Trinajstić information content (AvgIpc) is 2.96. The van der Waals surface area contributed by atoms with Gasteiger partial charge in [0.15, 0.2) is 0 Å². The molecule has 0 saturated carbocycles. The zero-order chi connectivity index (χ0) is 19.6. The number of furan rings is 1. The summed E-state index contributed by atoms with van der Waals surface area (Å²) in [6, 6.07) is 9.32. The van der Waals surface area contributed by atoms with Crippen molar-refractivity contribution >= 4 is 39.5 Å². The molecule has 2 aromatic carbocycles. The molecule has 1 amide bonds. The normalized spacial score (nSPS) is 11.6. The van der Waals surface area contributed by atoms with E-state index >= 15 is 0 Å². The lowest BCUT2D eigenvalue weighted by Crippen LogP contribution is -2.27. The second-order valence-corrected chi connectivity index (χ2v) is 7.24. The Bertz CT molecular complexity index is 997. The SMILES string of the molecule is CCOC(=O)Cc1coc2ccc3cc(NC(=O)OC(C)(C)C)ccc3c12. The summed E-state index contributed by atoms with van der Waals surface area (Å²) >= 11 is 0. The molecule has 1 heterocycles. The third kappa shape index (κ3) is 4.39. The van der Waals surface area contributed by atoms with Gasteiger partial charge in [0.2, 0.25) is 0 Å². The second kappa shape index (κ2) is 7.31. The lowest BCUT2D eigenvalue weighted by atomic mass is 10.0. The highest BCUT2D eigenvalue weighted by Crippen LogP contribution is 2.32. The molecule has 1 aromatic heterocycles. The van der Waals surface area contributed by atoms with Gasteiger partial charge in [-0.3, -0.25) is 10.1 Å². The Morgan fingerprint density at radius 3 is 2.63 bits per heavy atom. The molecule has 1 N–H and O–H groups in total. The first-order valence-corrected chi connectivity index (χ1v) is 8.85. The fourth-order valence-electron chi connectivity index (χ4n) is 2.93. The molecule has 27 heavy (non-hydrogen) atoms. The molecule has 0 aliphatic heterocycles. The van der Waals surface area contributed by atoms with Crippen molar-refractivity contribution in [1.82, 2.24) is 0 Å². The maximum Gasteiger partial charge on any atom is 0.412 e. The van der Waals surface area contributed by atoms with Crippen LogP contribution in [0.5, 0.6) is 0 Å². The number of benzene rings is 2. The van der Waals surface area contributed by atoms with Gasteiger partial charge < -0.3 is 13.9 Å². The Morgan fingerprint density at radius 1 is 1.15 bits per heavy atom. The number of nitrogens with one attached hydrogen (secondary N) is 1. The van der Waals surface area contributed by atoms with E-state index in [1.807, 2.05) is 45.0 Å². The first-order chi connectivity index (χ1) is 12.8. The number of carbonyl (C=O) groups is 2. The topological polar surface area (TPSA) is 77.8 Å². The van der Waals surface area contributed by atoms with Gasteiger partial charge in [0, 0.05) is 16.6 Å². The molecule has 3 aromatic rings. The van der Waals surface area contributed by atoms with Gasteiger partial charge in [-0.15, -0.1) is 0 Å². The molecule has 0 spiro atoms. The van der Waals surface area contributed by atoms with Gasteiger partial charge in [-0.05, 0) is 56.7 Å². The van der Waals surface area contributed by atoms with E-state index in [2.05, 4.69) is 5.32 Å². The van der Waals surface area contributed by atoms with Crippen LogP contribution in [0.25, 0.3) is 21.7 Å². The highest BCUT2D eigenvalue weighted by molar-refractivity contribution is 6.09. The van der Waals surface area contributed by atoms with Gasteiger partial charge in [0.1, 0.15) is 11.2 Å². The summed E-state index contributed by atoms with van der Waals surface area (Å²) in [6.07, 6.45) is 1.24. The monoisotopic (exact) mass is 369 g/mol. The minimum atomic E-state index is -0.564. The van der Waals surface area contributed by atoms with Crippen molar-refractivity contribution in [2.75, 3.05) is 11.9 Å².